The lowest BCUT2D eigenvalue weighted by atomic mass is 10.1. The van der Waals surface area contributed by atoms with Gasteiger partial charge in [-0.05, 0) is 26.8 Å². The lowest BCUT2D eigenvalue weighted by molar-refractivity contribution is 0.589. The molecule has 0 spiro atoms. The summed E-state index contributed by atoms with van der Waals surface area (Å²) in [5.41, 5.74) is 3.28. The van der Waals surface area contributed by atoms with E-state index in [1.54, 1.807) is 6.33 Å². The van der Waals surface area contributed by atoms with Crippen molar-refractivity contribution in [2.75, 3.05) is 11.9 Å². The molecule has 7 nitrogen and oxygen atoms in total. The molecule has 3 heterocycles. The van der Waals surface area contributed by atoms with Crippen LogP contribution in [0.5, 0.6) is 0 Å². The number of fused-ring (bicyclic) bond motifs is 1. The zero-order chi connectivity index (χ0) is 17.9. The fourth-order valence-corrected chi connectivity index (χ4v) is 3.32. The maximum Gasteiger partial charge on any atom is 0.161 e. The second-order valence-electron chi connectivity index (χ2n) is 6.41. The summed E-state index contributed by atoms with van der Waals surface area (Å²) in [6.45, 7) is 6.66. The molecule has 2 aromatic heterocycles. The van der Waals surface area contributed by atoms with E-state index in [0.29, 0.717) is 0 Å². The van der Waals surface area contributed by atoms with Gasteiger partial charge in [-0.1, -0.05) is 30.3 Å². The highest BCUT2D eigenvalue weighted by Crippen LogP contribution is 2.27. The van der Waals surface area contributed by atoms with Crippen molar-refractivity contribution in [2.45, 2.75) is 39.4 Å². The predicted molar refractivity (Wildman–Crippen MR) is 101 cm³/mol. The molecular weight excluding hydrogens is 326 g/mol. The molecule has 0 saturated heterocycles. The lowest BCUT2D eigenvalue weighted by Gasteiger charge is -2.23. The Morgan fingerprint density at radius 1 is 1.23 bits per heavy atom. The van der Waals surface area contributed by atoms with Crippen LogP contribution in [0.1, 0.15) is 37.0 Å². The first-order valence-corrected chi connectivity index (χ1v) is 9.06. The first kappa shape index (κ1) is 16.7. The molecule has 0 bridgehead atoms. The minimum atomic E-state index is 0.00922. The van der Waals surface area contributed by atoms with Gasteiger partial charge in [0, 0.05) is 24.2 Å². The molecule has 2 N–H and O–H groups in total. The first-order chi connectivity index (χ1) is 12.8. The van der Waals surface area contributed by atoms with Gasteiger partial charge in [0.15, 0.2) is 5.82 Å². The first-order valence-electron chi connectivity index (χ1n) is 9.06. The number of benzene rings is 1. The molecule has 3 aromatic rings. The second-order valence-corrected chi connectivity index (χ2v) is 6.41. The largest absolute Gasteiger partial charge is 0.360 e. The Balaban J connectivity index is 1.72. The van der Waals surface area contributed by atoms with Crippen LogP contribution in [0, 0.1) is 0 Å². The smallest absolute Gasteiger partial charge is 0.161 e. The third-order valence-corrected chi connectivity index (χ3v) is 4.65. The van der Waals surface area contributed by atoms with Crippen LogP contribution in [-0.4, -0.2) is 31.3 Å². The fraction of sp³-hybridized carbons (Fsp3) is 0.368. The third-order valence-electron chi connectivity index (χ3n) is 4.65. The van der Waals surface area contributed by atoms with Crippen molar-refractivity contribution in [3.63, 3.8) is 0 Å². The Morgan fingerprint density at radius 2 is 2.08 bits per heavy atom. The number of nitrogens with zero attached hydrogens (tertiary/aromatic N) is 5. The molecule has 7 heteroatoms. The molecule has 1 aliphatic rings. The topological polar surface area (TPSA) is 80.6 Å². The maximum absolute atomic E-state index is 4.85. The van der Waals surface area contributed by atoms with Gasteiger partial charge in [-0.25, -0.2) is 19.6 Å². The van der Waals surface area contributed by atoms with Gasteiger partial charge in [-0.2, -0.15) is 5.10 Å². The van der Waals surface area contributed by atoms with Gasteiger partial charge >= 0.3 is 0 Å². The molecule has 0 fully saturated rings. The van der Waals surface area contributed by atoms with E-state index >= 15 is 0 Å². The molecule has 1 aliphatic heterocycles. The van der Waals surface area contributed by atoms with Crippen molar-refractivity contribution in [2.24, 2.45) is 0 Å². The SMILES string of the molecule is CCn1ncnc1C(C)Nc1nc(-c2ccccc2)nc2c1CCNC2. The van der Waals surface area contributed by atoms with Gasteiger partial charge in [-0.3, -0.25) is 0 Å². The Hall–Kier alpha value is -2.80. The normalized spacial score (nSPS) is 14.7. The highest BCUT2D eigenvalue weighted by molar-refractivity contribution is 5.60. The summed E-state index contributed by atoms with van der Waals surface area (Å²) in [7, 11) is 0. The van der Waals surface area contributed by atoms with Crippen molar-refractivity contribution in [3.8, 4) is 11.4 Å². The summed E-state index contributed by atoms with van der Waals surface area (Å²) in [5, 5.41) is 11.2. The van der Waals surface area contributed by atoms with Crippen molar-refractivity contribution in [1.29, 1.82) is 0 Å². The number of anilines is 1. The molecule has 1 atom stereocenters. The van der Waals surface area contributed by atoms with Gasteiger partial charge in [0.2, 0.25) is 0 Å². The van der Waals surface area contributed by atoms with Crippen LogP contribution in [0.25, 0.3) is 11.4 Å². The van der Waals surface area contributed by atoms with Crippen LogP contribution < -0.4 is 10.6 Å². The predicted octanol–water partition coefficient (Wildman–Crippen LogP) is 2.57. The molecule has 4 rings (SSSR count). The Kier molecular flexibility index (Phi) is 4.62. The Labute approximate surface area is 152 Å². The highest BCUT2D eigenvalue weighted by atomic mass is 15.3. The van der Waals surface area contributed by atoms with Crippen LogP contribution >= 0.6 is 0 Å². The zero-order valence-corrected chi connectivity index (χ0v) is 15.1. The lowest BCUT2D eigenvalue weighted by Crippen LogP contribution is -2.27. The highest BCUT2D eigenvalue weighted by Gasteiger charge is 2.21. The molecule has 26 heavy (non-hydrogen) atoms. The number of aryl methyl sites for hydroxylation is 1. The van der Waals surface area contributed by atoms with Crippen molar-refractivity contribution < 1.29 is 0 Å². The monoisotopic (exact) mass is 349 g/mol. The summed E-state index contributed by atoms with van der Waals surface area (Å²) >= 11 is 0. The van der Waals surface area contributed by atoms with Crippen LogP contribution in [0.4, 0.5) is 5.82 Å². The molecule has 134 valence electrons. The van der Waals surface area contributed by atoms with Crippen molar-refractivity contribution in [3.05, 3.63) is 53.7 Å². The summed E-state index contributed by atoms with van der Waals surface area (Å²) in [6, 6.07) is 10.1. The Morgan fingerprint density at radius 3 is 2.88 bits per heavy atom. The van der Waals surface area contributed by atoms with E-state index in [0.717, 1.165) is 54.8 Å². The van der Waals surface area contributed by atoms with Gasteiger partial charge in [0.1, 0.15) is 18.0 Å². The molecule has 1 unspecified atom stereocenters. The zero-order valence-electron chi connectivity index (χ0n) is 15.1. The maximum atomic E-state index is 4.85. The number of nitrogens with one attached hydrogen (secondary N) is 2. The average molecular weight is 349 g/mol. The average Bonchev–Trinajstić information content (AvgIpc) is 3.17. The van der Waals surface area contributed by atoms with Gasteiger partial charge in [0.25, 0.3) is 0 Å². The van der Waals surface area contributed by atoms with Gasteiger partial charge in [-0.15, -0.1) is 0 Å². The number of hydrogen-bond donors (Lipinski definition) is 2. The van der Waals surface area contributed by atoms with Gasteiger partial charge < -0.3 is 10.6 Å². The molecule has 0 radical (unpaired) electrons. The van der Waals surface area contributed by atoms with E-state index in [2.05, 4.69) is 34.6 Å². The van der Waals surface area contributed by atoms with Crippen LogP contribution in [0.3, 0.4) is 0 Å². The Bertz CT molecular complexity index is 888. The summed E-state index contributed by atoms with van der Waals surface area (Å²) < 4.78 is 1.91. The van der Waals surface area contributed by atoms with E-state index in [1.165, 1.54) is 5.56 Å². The quantitative estimate of drug-likeness (QED) is 0.737. The van der Waals surface area contributed by atoms with Crippen LogP contribution in [0.2, 0.25) is 0 Å². The van der Waals surface area contributed by atoms with Crippen LogP contribution in [-0.2, 0) is 19.5 Å². The summed E-state index contributed by atoms with van der Waals surface area (Å²) in [5.74, 6) is 2.56. The van der Waals surface area contributed by atoms with E-state index in [-0.39, 0.29) is 6.04 Å². The third kappa shape index (κ3) is 3.17. The summed E-state index contributed by atoms with van der Waals surface area (Å²) in [6.07, 6.45) is 2.52. The van der Waals surface area contributed by atoms with E-state index < -0.39 is 0 Å². The fourth-order valence-electron chi connectivity index (χ4n) is 3.32. The standard InChI is InChI=1S/C19H23N7/c1-3-26-19(21-12-22-26)13(2)23-18-15-9-10-20-11-16(15)24-17(25-18)14-7-5-4-6-8-14/h4-8,12-13,20H,3,9-11H2,1-2H3,(H,23,24,25). The number of rotatable bonds is 5. The van der Waals surface area contributed by atoms with E-state index in [9.17, 15) is 0 Å². The minimum absolute atomic E-state index is 0.00922. The summed E-state index contributed by atoms with van der Waals surface area (Å²) in [4.78, 5) is 14.1. The van der Waals surface area contributed by atoms with Gasteiger partial charge in [0.05, 0.1) is 11.7 Å². The van der Waals surface area contributed by atoms with E-state index in [1.807, 2.05) is 35.0 Å². The van der Waals surface area contributed by atoms with Crippen molar-refractivity contribution >= 4 is 5.82 Å². The minimum Gasteiger partial charge on any atom is -0.360 e. The number of hydrogen-bond acceptors (Lipinski definition) is 6. The second kappa shape index (κ2) is 7.21. The molecular formula is C19H23N7. The molecule has 0 saturated carbocycles. The molecule has 1 aromatic carbocycles. The van der Waals surface area contributed by atoms with Crippen LogP contribution in [0.15, 0.2) is 36.7 Å². The molecule has 0 aliphatic carbocycles. The molecule has 0 amide bonds. The number of aromatic nitrogens is 5. The van der Waals surface area contributed by atoms with Crippen molar-refractivity contribution in [1.82, 2.24) is 30.0 Å². The van der Waals surface area contributed by atoms with E-state index in [4.69, 9.17) is 9.97 Å².